The highest BCUT2D eigenvalue weighted by Gasteiger charge is 2.26. The predicted molar refractivity (Wildman–Crippen MR) is 115 cm³/mol. The van der Waals surface area contributed by atoms with Gasteiger partial charge in [-0.15, -0.1) is 0 Å². The van der Waals surface area contributed by atoms with Crippen molar-refractivity contribution in [3.05, 3.63) is 0 Å². The van der Waals surface area contributed by atoms with E-state index in [1.54, 1.807) is 0 Å². The highest BCUT2D eigenvalue weighted by atomic mass is 79.9. The van der Waals surface area contributed by atoms with Crippen molar-refractivity contribution in [2.75, 3.05) is 53.4 Å². The normalized spacial score (nSPS) is 19.9. The quantitative estimate of drug-likeness (QED) is 0.211. The SMILES string of the molecule is C[N+]1(CCCCCCCCCCCCCC[N+]2(C)CCCC2)CCCC1.[Br-].[Br-]. The number of halogens is 2. The molecule has 2 fully saturated rings. The van der Waals surface area contributed by atoms with Gasteiger partial charge in [0, 0.05) is 25.7 Å². The molecule has 170 valence electrons. The van der Waals surface area contributed by atoms with Crippen LogP contribution < -0.4 is 34.0 Å². The fourth-order valence-electron chi connectivity index (χ4n) is 5.40. The molecule has 2 aliphatic rings. The lowest BCUT2D eigenvalue weighted by Gasteiger charge is -2.29. The van der Waals surface area contributed by atoms with Gasteiger partial charge >= 0.3 is 0 Å². The average molecular weight is 526 g/mol. The largest absolute Gasteiger partial charge is 1.00 e. The number of likely N-dealkylation sites (tertiary alicyclic amines) is 2. The van der Waals surface area contributed by atoms with Crippen LogP contribution in [0.15, 0.2) is 0 Å². The topological polar surface area (TPSA) is 0 Å². The smallest absolute Gasteiger partial charge is 0.0786 e. The van der Waals surface area contributed by atoms with Gasteiger partial charge in [-0.05, 0) is 25.7 Å². The minimum atomic E-state index is 0. The summed E-state index contributed by atoms with van der Waals surface area (Å²) in [6.45, 7) is 8.66. The molecule has 2 heterocycles. The van der Waals surface area contributed by atoms with Gasteiger partial charge in [0.1, 0.15) is 0 Å². The van der Waals surface area contributed by atoms with Gasteiger partial charge in [-0.1, -0.05) is 51.4 Å². The molecule has 0 aliphatic carbocycles. The summed E-state index contributed by atoms with van der Waals surface area (Å²) < 4.78 is 2.75. The Hall–Kier alpha value is 0.880. The number of quaternary nitrogens is 2. The third kappa shape index (κ3) is 12.5. The Labute approximate surface area is 198 Å². The van der Waals surface area contributed by atoms with Gasteiger partial charge in [-0.2, -0.15) is 0 Å². The van der Waals surface area contributed by atoms with Gasteiger partial charge in [-0.3, -0.25) is 0 Å². The first kappa shape index (κ1) is 28.9. The zero-order chi connectivity index (χ0) is 18.6. The van der Waals surface area contributed by atoms with Crippen molar-refractivity contribution < 1.29 is 42.9 Å². The first-order valence-corrected chi connectivity index (χ1v) is 12.3. The third-order valence-corrected chi connectivity index (χ3v) is 7.44. The summed E-state index contributed by atoms with van der Waals surface area (Å²) in [6.07, 6.45) is 23.7. The van der Waals surface area contributed by atoms with Gasteiger partial charge < -0.3 is 42.9 Å². The molecule has 0 aromatic heterocycles. The second kappa shape index (κ2) is 16.6. The van der Waals surface area contributed by atoms with Crippen LogP contribution in [0, 0.1) is 0 Å². The molecule has 0 aromatic rings. The Morgan fingerprint density at radius 2 is 0.607 bits per heavy atom. The molecule has 0 aromatic carbocycles. The number of hydrogen-bond donors (Lipinski definition) is 0. The zero-order valence-corrected chi connectivity index (χ0v) is 22.4. The monoisotopic (exact) mass is 524 g/mol. The summed E-state index contributed by atoms with van der Waals surface area (Å²) in [5.41, 5.74) is 0. The Bertz CT molecular complexity index is 317. The highest BCUT2D eigenvalue weighted by molar-refractivity contribution is 4.54. The Balaban J connectivity index is 0.00000364. The van der Waals surface area contributed by atoms with Crippen LogP contribution in [0.25, 0.3) is 0 Å². The molecular weight excluding hydrogens is 476 g/mol. The second-order valence-corrected chi connectivity index (χ2v) is 10.2. The number of unbranched alkanes of at least 4 members (excludes halogenated alkanes) is 11. The lowest BCUT2D eigenvalue weighted by molar-refractivity contribution is -0.897. The maximum atomic E-state index is 2.47. The van der Waals surface area contributed by atoms with E-state index in [-0.39, 0.29) is 34.0 Å². The number of rotatable bonds is 15. The Morgan fingerprint density at radius 1 is 0.393 bits per heavy atom. The standard InChI is InChI=1S/C24H50N2.2BrH/c1-25(21-15-16-22-25)19-13-11-9-7-5-3-4-6-8-10-12-14-20-26(2)23-17-18-24-26;;/h3-24H2,1-2H3;2*1H/q+2;;/p-2. The zero-order valence-electron chi connectivity index (χ0n) is 19.2. The Morgan fingerprint density at radius 3 is 0.857 bits per heavy atom. The van der Waals surface area contributed by atoms with Gasteiger partial charge in [0.25, 0.3) is 0 Å². The number of nitrogens with zero attached hydrogens (tertiary/aromatic N) is 2. The molecule has 0 radical (unpaired) electrons. The molecular formula is C24H50Br2N2. The van der Waals surface area contributed by atoms with Crippen molar-refractivity contribution in [2.24, 2.45) is 0 Å². The molecule has 2 saturated heterocycles. The van der Waals surface area contributed by atoms with Gasteiger partial charge in [-0.25, -0.2) is 0 Å². The van der Waals surface area contributed by atoms with E-state index in [4.69, 9.17) is 0 Å². The van der Waals surface area contributed by atoms with E-state index in [9.17, 15) is 0 Å². The minimum absolute atomic E-state index is 0. The van der Waals surface area contributed by atoms with Crippen LogP contribution in [0.3, 0.4) is 0 Å². The van der Waals surface area contributed by atoms with Crippen LogP contribution in [0.1, 0.15) is 103 Å². The summed E-state index contributed by atoms with van der Waals surface area (Å²) in [6, 6.07) is 0. The molecule has 0 saturated carbocycles. The van der Waals surface area contributed by atoms with Crippen molar-refractivity contribution in [3.8, 4) is 0 Å². The van der Waals surface area contributed by atoms with Crippen LogP contribution in [0.4, 0.5) is 0 Å². The van der Waals surface area contributed by atoms with Crippen molar-refractivity contribution in [1.29, 1.82) is 0 Å². The lowest BCUT2D eigenvalue weighted by Crippen LogP contribution is -3.00. The summed E-state index contributed by atoms with van der Waals surface area (Å²) >= 11 is 0. The first-order valence-electron chi connectivity index (χ1n) is 12.3. The van der Waals surface area contributed by atoms with E-state index >= 15 is 0 Å². The van der Waals surface area contributed by atoms with E-state index in [1.807, 2.05) is 0 Å². The molecule has 0 unspecified atom stereocenters. The van der Waals surface area contributed by atoms with E-state index in [2.05, 4.69) is 14.1 Å². The Kier molecular flexibility index (Phi) is 17.1. The fourth-order valence-corrected chi connectivity index (χ4v) is 5.40. The van der Waals surface area contributed by atoms with Crippen molar-refractivity contribution in [2.45, 2.75) is 103 Å². The third-order valence-electron chi connectivity index (χ3n) is 7.44. The molecule has 2 aliphatic heterocycles. The summed E-state index contributed by atoms with van der Waals surface area (Å²) in [7, 11) is 4.95. The molecule has 0 N–H and O–H groups in total. The molecule has 0 atom stereocenters. The molecule has 2 rings (SSSR count). The maximum Gasteiger partial charge on any atom is 0.0786 e. The van der Waals surface area contributed by atoms with E-state index in [0.717, 1.165) is 0 Å². The predicted octanol–water partition coefficient (Wildman–Crippen LogP) is 0.156. The van der Waals surface area contributed by atoms with Gasteiger partial charge in [0.05, 0.1) is 53.4 Å². The molecule has 2 nitrogen and oxygen atoms in total. The van der Waals surface area contributed by atoms with Crippen LogP contribution >= 0.6 is 0 Å². The maximum absolute atomic E-state index is 2.47. The van der Waals surface area contributed by atoms with E-state index in [0.29, 0.717) is 0 Å². The minimum Gasteiger partial charge on any atom is -1.00 e. The van der Waals surface area contributed by atoms with Crippen LogP contribution in [-0.4, -0.2) is 62.3 Å². The second-order valence-electron chi connectivity index (χ2n) is 10.2. The summed E-state index contributed by atoms with van der Waals surface area (Å²) in [5.74, 6) is 0. The van der Waals surface area contributed by atoms with Crippen molar-refractivity contribution in [3.63, 3.8) is 0 Å². The van der Waals surface area contributed by atoms with E-state index < -0.39 is 0 Å². The summed E-state index contributed by atoms with van der Waals surface area (Å²) in [5, 5.41) is 0. The van der Waals surface area contributed by atoms with E-state index in [1.165, 1.54) is 151 Å². The summed E-state index contributed by atoms with van der Waals surface area (Å²) in [4.78, 5) is 0. The lowest BCUT2D eigenvalue weighted by atomic mass is 10.0. The molecule has 0 bridgehead atoms. The average Bonchev–Trinajstić information content (AvgIpc) is 3.25. The van der Waals surface area contributed by atoms with Crippen LogP contribution in [0.5, 0.6) is 0 Å². The molecule has 0 amide bonds. The molecule has 4 heteroatoms. The van der Waals surface area contributed by atoms with Crippen molar-refractivity contribution in [1.82, 2.24) is 0 Å². The van der Waals surface area contributed by atoms with Gasteiger partial charge in [0.2, 0.25) is 0 Å². The molecule has 0 spiro atoms. The van der Waals surface area contributed by atoms with Crippen LogP contribution in [-0.2, 0) is 0 Å². The number of hydrogen-bond acceptors (Lipinski definition) is 0. The first-order chi connectivity index (χ1) is 12.6. The fraction of sp³-hybridized carbons (Fsp3) is 1.00. The molecule has 28 heavy (non-hydrogen) atoms. The van der Waals surface area contributed by atoms with Gasteiger partial charge in [0.15, 0.2) is 0 Å². The van der Waals surface area contributed by atoms with Crippen molar-refractivity contribution >= 4 is 0 Å². The highest BCUT2D eigenvalue weighted by Crippen LogP contribution is 2.19. The van der Waals surface area contributed by atoms with Crippen LogP contribution in [0.2, 0.25) is 0 Å².